The van der Waals surface area contributed by atoms with Crippen LogP contribution in [-0.2, 0) is 13.1 Å². The van der Waals surface area contributed by atoms with Gasteiger partial charge in [0.1, 0.15) is 0 Å². The molecule has 4 rings (SSSR count). The molecule has 3 aromatic heterocycles. The molecule has 0 fully saturated rings. The van der Waals surface area contributed by atoms with Crippen molar-refractivity contribution < 1.29 is 0 Å². The number of nitrogens with zero attached hydrogens (tertiary/aromatic N) is 4. The first kappa shape index (κ1) is 16.1. The zero-order chi connectivity index (χ0) is 17.6. The van der Waals surface area contributed by atoms with Gasteiger partial charge in [0.05, 0.1) is 10.2 Å². The summed E-state index contributed by atoms with van der Waals surface area (Å²) >= 11 is 2.14. The molecule has 0 aliphatic heterocycles. The number of rotatable bonds is 4. The fourth-order valence-corrected chi connectivity index (χ4v) is 3.57. The van der Waals surface area contributed by atoms with Crippen molar-refractivity contribution in [3.63, 3.8) is 0 Å². The van der Waals surface area contributed by atoms with Gasteiger partial charge >= 0.3 is 5.69 Å². The highest BCUT2D eigenvalue weighted by atomic mass is 127. The monoisotopic (exact) mass is 449 g/mol. The van der Waals surface area contributed by atoms with Crippen molar-refractivity contribution in [2.45, 2.75) is 26.4 Å². The summed E-state index contributed by atoms with van der Waals surface area (Å²) in [6.07, 6.45) is 2.53. The summed E-state index contributed by atoms with van der Waals surface area (Å²) in [6, 6.07) is 9.71. The summed E-state index contributed by atoms with van der Waals surface area (Å²) in [7, 11) is 0. The Balaban J connectivity index is 2.07. The topological polar surface area (TPSA) is 77.1 Å². The Morgan fingerprint density at radius 1 is 1.16 bits per heavy atom. The van der Waals surface area contributed by atoms with E-state index in [0.717, 1.165) is 9.26 Å². The maximum atomic E-state index is 12.9. The SMILES string of the molecule is CCCn1c(=O)c2c(nc3[nH]c(I)cn32)n(Cc2ccccc2)c1=O. The number of fused-ring (bicyclic) bond motifs is 3. The molecule has 0 spiro atoms. The lowest BCUT2D eigenvalue weighted by atomic mass is 10.2. The average Bonchev–Trinajstić information content (AvgIpc) is 3.12. The number of benzene rings is 1. The van der Waals surface area contributed by atoms with Gasteiger partial charge in [0.15, 0.2) is 11.2 Å². The third-order valence-corrected chi connectivity index (χ3v) is 4.71. The number of aromatic nitrogens is 5. The van der Waals surface area contributed by atoms with E-state index < -0.39 is 0 Å². The van der Waals surface area contributed by atoms with Crippen LogP contribution in [0.15, 0.2) is 46.1 Å². The van der Waals surface area contributed by atoms with E-state index in [1.54, 1.807) is 8.97 Å². The Morgan fingerprint density at radius 3 is 2.64 bits per heavy atom. The zero-order valence-electron chi connectivity index (χ0n) is 13.6. The standard InChI is InChI=1S/C17H16IN5O2/c1-2-8-21-15(24)13-14(20-16-19-12(18)10-22(13)16)23(17(21)25)9-11-6-4-3-5-7-11/h3-7,10H,2,8-9H2,1H3,(H,19,20). The van der Waals surface area contributed by atoms with Crippen molar-refractivity contribution >= 4 is 39.5 Å². The minimum absolute atomic E-state index is 0.297. The van der Waals surface area contributed by atoms with E-state index in [0.29, 0.717) is 36.5 Å². The molecule has 4 aromatic rings. The Morgan fingerprint density at radius 2 is 1.92 bits per heavy atom. The number of nitrogens with one attached hydrogen (secondary N) is 1. The molecule has 0 unspecified atom stereocenters. The lowest BCUT2D eigenvalue weighted by Crippen LogP contribution is -2.40. The van der Waals surface area contributed by atoms with Crippen molar-refractivity contribution in [2.24, 2.45) is 0 Å². The lowest BCUT2D eigenvalue weighted by Gasteiger charge is -2.11. The molecule has 3 heterocycles. The second-order valence-electron chi connectivity index (χ2n) is 5.89. The van der Waals surface area contributed by atoms with Crippen molar-refractivity contribution in [2.75, 3.05) is 0 Å². The van der Waals surface area contributed by atoms with E-state index in [9.17, 15) is 9.59 Å². The molecule has 1 aromatic carbocycles. The highest BCUT2D eigenvalue weighted by Crippen LogP contribution is 2.15. The highest BCUT2D eigenvalue weighted by Gasteiger charge is 2.19. The summed E-state index contributed by atoms with van der Waals surface area (Å²) in [5.41, 5.74) is 1.21. The lowest BCUT2D eigenvalue weighted by molar-refractivity contribution is 0.578. The quantitative estimate of drug-likeness (QED) is 0.486. The van der Waals surface area contributed by atoms with E-state index in [-0.39, 0.29) is 11.2 Å². The molecule has 0 amide bonds. The van der Waals surface area contributed by atoms with Crippen molar-refractivity contribution in [1.29, 1.82) is 0 Å². The van der Waals surface area contributed by atoms with Crippen LogP contribution in [0.5, 0.6) is 0 Å². The van der Waals surface area contributed by atoms with Gasteiger partial charge in [-0.25, -0.2) is 4.79 Å². The van der Waals surface area contributed by atoms with Gasteiger partial charge < -0.3 is 4.98 Å². The van der Waals surface area contributed by atoms with Gasteiger partial charge in [-0.3, -0.25) is 18.3 Å². The van der Waals surface area contributed by atoms with E-state index in [2.05, 4.69) is 32.6 Å². The van der Waals surface area contributed by atoms with E-state index in [1.165, 1.54) is 4.57 Å². The van der Waals surface area contributed by atoms with Crippen LogP contribution in [0.25, 0.3) is 16.9 Å². The van der Waals surface area contributed by atoms with Crippen LogP contribution >= 0.6 is 22.6 Å². The van der Waals surface area contributed by atoms with Crippen LogP contribution in [0.2, 0.25) is 0 Å². The first-order valence-corrected chi connectivity index (χ1v) is 9.12. The molecule has 128 valence electrons. The molecule has 0 radical (unpaired) electrons. The second-order valence-corrected chi connectivity index (χ2v) is 7.05. The average molecular weight is 449 g/mol. The molecule has 0 saturated heterocycles. The summed E-state index contributed by atoms with van der Waals surface area (Å²) in [5.74, 6) is 0.562. The highest BCUT2D eigenvalue weighted by molar-refractivity contribution is 14.1. The van der Waals surface area contributed by atoms with Gasteiger partial charge in [-0.1, -0.05) is 37.3 Å². The summed E-state index contributed by atoms with van der Waals surface area (Å²) < 4.78 is 5.49. The van der Waals surface area contributed by atoms with Gasteiger partial charge in [0, 0.05) is 12.7 Å². The summed E-state index contributed by atoms with van der Waals surface area (Å²) in [6.45, 7) is 2.71. The van der Waals surface area contributed by atoms with Crippen LogP contribution in [0.3, 0.4) is 0 Å². The third-order valence-electron chi connectivity index (χ3n) is 4.16. The molecule has 0 bridgehead atoms. The fraction of sp³-hybridized carbons (Fsp3) is 0.235. The number of aromatic amines is 1. The van der Waals surface area contributed by atoms with Gasteiger partial charge in [-0.15, -0.1) is 0 Å². The Bertz CT molecular complexity index is 1180. The van der Waals surface area contributed by atoms with Crippen LogP contribution in [0.1, 0.15) is 18.9 Å². The largest absolute Gasteiger partial charge is 0.333 e. The Labute approximate surface area is 156 Å². The smallest absolute Gasteiger partial charge is 0.319 e. The van der Waals surface area contributed by atoms with E-state index in [1.807, 2.05) is 43.5 Å². The second kappa shape index (κ2) is 6.17. The van der Waals surface area contributed by atoms with Gasteiger partial charge in [-0.05, 0) is 34.6 Å². The molecule has 0 aliphatic rings. The van der Waals surface area contributed by atoms with Gasteiger partial charge in [0.25, 0.3) is 5.56 Å². The zero-order valence-corrected chi connectivity index (χ0v) is 15.7. The molecule has 25 heavy (non-hydrogen) atoms. The molecule has 0 saturated carbocycles. The number of imidazole rings is 2. The summed E-state index contributed by atoms with van der Waals surface area (Å²) in [4.78, 5) is 33.4. The summed E-state index contributed by atoms with van der Waals surface area (Å²) in [5, 5.41) is 0. The van der Waals surface area contributed by atoms with Crippen molar-refractivity contribution in [1.82, 2.24) is 23.5 Å². The van der Waals surface area contributed by atoms with Crippen LogP contribution in [-0.4, -0.2) is 23.5 Å². The molecule has 1 N–H and O–H groups in total. The van der Waals surface area contributed by atoms with Crippen LogP contribution in [0, 0.1) is 3.70 Å². The molecule has 8 heteroatoms. The number of halogens is 1. The Hall–Kier alpha value is -2.36. The van der Waals surface area contributed by atoms with Gasteiger partial charge in [-0.2, -0.15) is 4.98 Å². The number of hydrogen-bond acceptors (Lipinski definition) is 3. The van der Waals surface area contributed by atoms with Crippen LogP contribution < -0.4 is 11.2 Å². The van der Waals surface area contributed by atoms with E-state index >= 15 is 0 Å². The molecular weight excluding hydrogens is 433 g/mol. The predicted molar refractivity (Wildman–Crippen MR) is 104 cm³/mol. The fourth-order valence-electron chi connectivity index (χ4n) is 3.05. The number of hydrogen-bond donors (Lipinski definition) is 1. The maximum Gasteiger partial charge on any atom is 0.333 e. The molecule has 7 nitrogen and oxygen atoms in total. The van der Waals surface area contributed by atoms with Crippen molar-refractivity contribution in [3.8, 4) is 0 Å². The molecule has 0 aliphatic carbocycles. The third kappa shape index (κ3) is 2.60. The number of H-pyrrole nitrogens is 1. The van der Waals surface area contributed by atoms with E-state index in [4.69, 9.17) is 0 Å². The first-order valence-electron chi connectivity index (χ1n) is 8.04. The predicted octanol–water partition coefficient (Wildman–Crippen LogP) is 2.20. The van der Waals surface area contributed by atoms with Crippen molar-refractivity contribution in [3.05, 3.63) is 66.6 Å². The normalized spacial score (nSPS) is 11.6. The minimum Gasteiger partial charge on any atom is -0.319 e. The maximum absolute atomic E-state index is 12.9. The minimum atomic E-state index is -0.321. The van der Waals surface area contributed by atoms with Gasteiger partial charge in [0.2, 0.25) is 5.78 Å². The van der Waals surface area contributed by atoms with Crippen LogP contribution in [0.4, 0.5) is 0 Å². The molecular formula is C17H16IN5O2. The Kier molecular flexibility index (Phi) is 3.98. The molecule has 0 atom stereocenters. The first-order chi connectivity index (χ1) is 12.1.